The maximum atomic E-state index is 13.7. The standard InChI is InChI=1S/C24H12Cl5FN2O3/c1-9-2-7-12(8-13(9)25)31-20(10-3-5-11(30)6-4-10)21(24(31)35)32-22(33)14-15(23(32)34)17(27)19(29)18(28)16(14)26/h2-8,20-21H,1H3/t20-,21-/m0/s1. The summed E-state index contributed by atoms with van der Waals surface area (Å²) in [4.78, 5) is 42.5. The molecule has 0 bridgehead atoms. The molecular weight excluding hydrogens is 561 g/mol. The predicted octanol–water partition coefficient (Wildman–Crippen LogP) is 7.15. The lowest BCUT2D eigenvalue weighted by Gasteiger charge is -2.49. The van der Waals surface area contributed by atoms with E-state index in [1.54, 1.807) is 18.2 Å². The molecule has 3 aromatic rings. The van der Waals surface area contributed by atoms with Crippen LogP contribution in [0.5, 0.6) is 0 Å². The van der Waals surface area contributed by atoms with Gasteiger partial charge in [0.15, 0.2) is 0 Å². The molecule has 178 valence electrons. The van der Waals surface area contributed by atoms with Crippen molar-refractivity contribution in [1.29, 1.82) is 0 Å². The van der Waals surface area contributed by atoms with Crippen molar-refractivity contribution in [3.8, 4) is 0 Å². The number of anilines is 1. The second-order valence-corrected chi connectivity index (χ2v) is 9.99. The van der Waals surface area contributed by atoms with Gasteiger partial charge < -0.3 is 4.90 Å². The third kappa shape index (κ3) is 3.54. The highest BCUT2D eigenvalue weighted by Gasteiger charge is 2.58. The summed E-state index contributed by atoms with van der Waals surface area (Å²) in [5, 5.41) is -0.384. The zero-order valence-electron chi connectivity index (χ0n) is 17.6. The Hall–Kier alpha value is -2.35. The van der Waals surface area contributed by atoms with Gasteiger partial charge in [-0.2, -0.15) is 0 Å². The zero-order chi connectivity index (χ0) is 25.3. The molecule has 5 nitrogen and oxygen atoms in total. The molecule has 2 atom stereocenters. The predicted molar refractivity (Wildman–Crippen MR) is 134 cm³/mol. The number of carbonyl (C=O) groups excluding carboxylic acids is 3. The lowest BCUT2D eigenvalue weighted by atomic mass is 9.86. The minimum atomic E-state index is -1.25. The first-order valence-corrected chi connectivity index (χ1v) is 12.0. The number of β-lactam (4-membered cyclic amide) rings is 1. The largest absolute Gasteiger partial charge is 0.300 e. The first-order chi connectivity index (χ1) is 16.5. The van der Waals surface area contributed by atoms with Crippen LogP contribution in [0.2, 0.25) is 25.1 Å². The molecule has 0 aromatic heterocycles. The van der Waals surface area contributed by atoms with Gasteiger partial charge in [-0.15, -0.1) is 0 Å². The van der Waals surface area contributed by atoms with E-state index in [4.69, 9.17) is 58.0 Å². The molecule has 2 aliphatic heterocycles. The van der Waals surface area contributed by atoms with Crippen LogP contribution >= 0.6 is 58.0 Å². The van der Waals surface area contributed by atoms with Crippen molar-refractivity contribution >= 4 is 81.4 Å². The number of benzene rings is 3. The molecule has 3 aromatic carbocycles. The highest BCUT2D eigenvalue weighted by Crippen LogP contribution is 2.49. The summed E-state index contributed by atoms with van der Waals surface area (Å²) < 4.78 is 13.7. The SMILES string of the molecule is Cc1ccc(N2C(=O)[C@@H](N3C(=O)c4c(Cl)c(Cl)c(Cl)c(Cl)c4C3=O)[C@@H]2c2ccc(F)cc2)cc1Cl. The van der Waals surface area contributed by atoms with Crippen LogP contribution in [-0.4, -0.2) is 28.7 Å². The lowest BCUT2D eigenvalue weighted by molar-refractivity contribution is -0.130. The van der Waals surface area contributed by atoms with Crippen LogP contribution in [0.4, 0.5) is 10.1 Å². The van der Waals surface area contributed by atoms with E-state index in [2.05, 4.69) is 0 Å². The number of halogens is 6. The van der Waals surface area contributed by atoms with Crippen molar-refractivity contribution in [2.75, 3.05) is 4.90 Å². The molecular formula is C24H12Cl5FN2O3. The fourth-order valence-corrected chi connectivity index (χ4v) is 5.54. The van der Waals surface area contributed by atoms with E-state index in [-0.39, 0.29) is 31.2 Å². The Morgan fingerprint density at radius 2 is 1.26 bits per heavy atom. The van der Waals surface area contributed by atoms with Gasteiger partial charge in [0.25, 0.3) is 17.7 Å². The van der Waals surface area contributed by atoms with Crippen LogP contribution < -0.4 is 4.90 Å². The fraction of sp³-hybridized carbons (Fsp3) is 0.125. The topological polar surface area (TPSA) is 57.7 Å². The van der Waals surface area contributed by atoms with Gasteiger partial charge in [-0.25, -0.2) is 4.39 Å². The number of rotatable bonds is 3. The van der Waals surface area contributed by atoms with E-state index in [1.165, 1.54) is 29.2 Å². The van der Waals surface area contributed by atoms with E-state index in [0.717, 1.165) is 10.5 Å². The molecule has 0 saturated carbocycles. The molecule has 0 radical (unpaired) electrons. The molecule has 0 N–H and O–H groups in total. The summed E-state index contributed by atoms with van der Waals surface area (Å²) in [5.41, 5.74) is 1.31. The van der Waals surface area contributed by atoms with Gasteiger partial charge in [0.1, 0.15) is 11.9 Å². The average Bonchev–Trinajstić information content (AvgIpc) is 3.08. The second kappa shape index (κ2) is 8.64. The Morgan fingerprint density at radius 1 is 0.714 bits per heavy atom. The number of imide groups is 1. The van der Waals surface area contributed by atoms with Crippen LogP contribution in [0.25, 0.3) is 0 Å². The van der Waals surface area contributed by atoms with Crippen LogP contribution in [0, 0.1) is 12.7 Å². The third-order valence-electron chi connectivity index (χ3n) is 6.12. The quantitative estimate of drug-likeness (QED) is 0.145. The van der Waals surface area contributed by atoms with Crippen LogP contribution in [-0.2, 0) is 4.79 Å². The maximum absolute atomic E-state index is 13.7. The number of hydrogen-bond acceptors (Lipinski definition) is 3. The summed E-state index contributed by atoms with van der Waals surface area (Å²) in [7, 11) is 0. The Morgan fingerprint density at radius 3 is 1.77 bits per heavy atom. The smallest absolute Gasteiger partial charge is 0.264 e. The second-order valence-electron chi connectivity index (χ2n) is 8.07. The molecule has 0 aliphatic carbocycles. The normalized spacial score (nSPS) is 19.3. The van der Waals surface area contributed by atoms with Gasteiger partial charge in [-0.05, 0) is 42.3 Å². The van der Waals surface area contributed by atoms with Crippen molar-refractivity contribution in [3.05, 3.63) is 95.6 Å². The first kappa shape index (κ1) is 24.3. The Kier molecular flexibility index (Phi) is 6.01. The molecule has 11 heteroatoms. The summed E-state index contributed by atoms with van der Waals surface area (Å²) in [6, 6.07) is 8.38. The summed E-state index contributed by atoms with van der Waals surface area (Å²) in [5.74, 6) is -2.69. The Bertz CT molecular complexity index is 1410. The molecule has 1 fully saturated rings. The molecule has 2 aliphatic rings. The Labute approximate surface area is 223 Å². The fourth-order valence-electron chi connectivity index (χ4n) is 4.36. The summed E-state index contributed by atoms with van der Waals surface area (Å²) in [6.45, 7) is 1.81. The van der Waals surface area contributed by atoms with Crippen molar-refractivity contribution < 1.29 is 18.8 Å². The molecule has 3 amide bonds. The van der Waals surface area contributed by atoms with E-state index in [9.17, 15) is 18.8 Å². The van der Waals surface area contributed by atoms with Crippen LogP contribution in [0.15, 0.2) is 42.5 Å². The van der Waals surface area contributed by atoms with E-state index >= 15 is 0 Å². The molecule has 0 unspecified atom stereocenters. The maximum Gasteiger partial charge on any atom is 0.264 e. The van der Waals surface area contributed by atoms with Crippen LogP contribution in [0.1, 0.15) is 37.9 Å². The molecule has 5 rings (SSSR count). The van der Waals surface area contributed by atoms with E-state index < -0.39 is 35.6 Å². The zero-order valence-corrected chi connectivity index (χ0v) is 21.4. The van der Waals surface area contributed by atoms with Crippen molar-refractivity contribution in [3.63, 3.8) is 0 Å². The number of fused-ring (bicyclic) bond motifs is 1. The monoisotopic (exact) mass is 570 g/mol. The number of nitrogens with zero attached hydrogens (tertiary/aromatic N) is 2. The summed E-state index contributed by atoms with van der Waals surface area (Å²) >= 11 is 31.0. The van der Waals surface area contributed by atoms with Crippen molar-refractivity contribution in [2.24, 2.45) is 0 Å². The van der Waals surface area contributed by atoms with Gasteiger partial charge in [0, 0.05) is 10.7 Å². The minimum absolute atomic E-state index is 0.175. The number of aryl methyl sites for hydroxylation is 1. The Balaban J connectivity index is 1.64. The molecule has 0 spiro atoms. The van der Waals surface area contributed by atoms with Gasteiger partial charge >= 0.3 is 0 Å². The summed E-state index contributed by atoms with van der Waals surface area (Å²) in [6.07, 6.45) is 0. The number of amides is 3. The van der Waals surface area contributed by atoms with Crippen molar-refractivity contribution in [2.45, 2.75) is 19.0 Å². The molecule has 35 heavy (non-hydrogen) atoms. The van der Waals surface area contributed by atoms with Gasteiger partial charge in [-0.1, -0.05) is 76.2 Å². The van der Waals surface area contributed by atoms with Gasteiger partial charge in [0.05, 0.1) is 37.3 Å². The van der Waals surface area contributed by atoms with E-state index in [0.29, 0.717) is 16.3 Å². The van der Waals surface area contributed by atoms with Crippen LogP contribution in [0.3, 0.4) is 0 Å². The first-order valence-electron chi connectivity index (χ1n) is 10.1. The highest BCUT2D eigenvalue weighted by atomic mass is 35.5. The van der Waals surface area contributed by atoms with Crippen molar-refractivity contribution in [1.82, 2.24) is 4.90 Å². The molecule has 1 saturated heterocycles. The molecule has 2 heterocycles. The highest BCUT2D eigenvalue weighted by molar-refractivity contribution is 6.55. The number of carbonyl (C=O) groups is 3. The average molecular weight is 573 g/mol. The third-order valence-corrected chi connectivity index (χ3v) is 8.33. The lowest BCUT2D eigenvalue weighted by Crippen LogP contribution is -2.67. The van der Waals surface area contributed by atoms with E-state index in [1.807, 2.05) is 6.92 Å². The number of hydrogen-bond donors (Lipinski definition) is 0. The van der Waals surface area contributed by atoms with Gasteiger partial charge in [0.2, 0.25) is 0 Å². The van der Waals surface area contributed by atoms with Gasteiger partial charge in [-0.3, -0.25) is 19.3 Å². The minimum Gasteiger partial charge on any atom is -0.300 e.